The number of allylic oxidation sites excluding steroid dienone is 1. The van der Waals surface area contributed by atoms with E-state index in [2.05, 4.69) is 22.1 Å². The van der Waals surface area contributed by atoms with Crippen molar-refractivity contribution in [1.29, 1.82) is 0 Å². The molecule has 7 heteroatoms. The minimum Gasteiger partial charge on any atom is -0.351 e. The Morgan fingerprint density at radius 2 is 1.96 bits per heavy atom. The Morgan fingerprint density at radius 1 is 1.21 bits per heavy atom. The fraction of sp³-hybridized carbons (Fsp3) is 0.190. The molecule has 0 spiro atoms. The third kappa shape index (κ3) is 5.03. The first-order chi connectivity index (χ1) is 13.6. The third-order valence-corrected chi connectivity index (χ3v) is 5.37. The number of hydrogen-bond acceptors (Lipinski definition) is 4. The fourth-order valence-corrected chi connectivity index (χ4v) is 3.60. The van der Waals surface area contributed by atoms with Crippen molar-refractivity contribution in [3.8, 4) is 11.4 Å². The quantitative estimate of drug-likeness (QED) is 0.437. The lowest BCUT2D eigenvalue weighted by Gasteiger charge is -2.09. The molecule has 0 atom stereocenters. The molecule has 2 aromatic carbocycles. The Hall–Kier alpha value is -2.57. The molecule has 3 aromatic rings. The first kappa shape index (κ1) is 20.2. The summed E-state index contributed by atoms with van der Waals surface area (Å²) in [5, 5.41) is 12.9. The van der Waals surface area contributed by atoms with Crippen LogP contribution in [0.15, 0.2) is 66.3 Å². The van der Waals surface area contributed by atoms with E-state index in [0.29, 0.717) is 23.3 Å². The average Bonchev–Trinajstić information content (AvgIpc) is 3.09. The van der Waals surface area contributed by atoms with Crippen LogP contribution in [0.25, 0.3) is 11.4 Å². The summed E-state index contributed by atoms with van der Waals surface area (Å²) in [6.45, 7) is 6.90. The normalized spacial score (nSPS) is 10.6. The molecule has 3 rings (SSSR count). The van der Waals surface area contributed by atoms with Gasteiger partial charge in [-0.1, -0.05) is 65.8 Å². The molecule has 0 radical (unpaired) electrons. The van der Waals surface area contributed by atoms with E-state index < -0.39 is 0 Å². The number of carbonyl (C=O) groups excluding carboxylic acids is 1. The van der Waals surface area contributed by atoms with Gasteiger partial charge in [-0.25, -0.2) is 0 Å². The second-order valence-electron chi connectivity index (χ2n) is 6.21. The minimum atomic E-state index is -0.0643. The molecular formula is C21H21ClN4OS. The van der Waals surface area contributed by atoms with Crippen LogP contribution in [0.4, 0.5) is 0 Å². The zero-order valence-corrected chi connectivity index (χ0v) is 17.1. The summed E-state index contributed by atoms with van der Waals surface area (Å²) in [7, 11) is 0. The van der Waals surface area contributed by atoms with Crippen molar-refractivity contribution in [3.05, 3.63) is 77.3 Å². The van der Waals surface area contributed by atoms with Crippen LogP contribution in [0, 0.1) is 6.92 Å². The molecule has 0 unspecified atom stereocenters. The monoisotopic (exact) mass is 412 g/mol. The van der Waals surface area contributed by atoms with Gasteiger partial charge in [-0.3, -0.25) is 9.36 Å². The lowest BCUT2D eigenvalue weighted by atomic mass is 10.1. The molecule has 1 aromatic heterocycles. The predicted octanol–water partition coefficient (Wildman–Crippen LogP) is 4.50. The summed E-state index contributed by atoms with van der Waals surface area (Å²) in [5.74, 6) is 0.976. The number of carbonyl (C=O) groups is 1. The number of nitrogens with one attached hydrogen (secondary N) is 1. The zero-order chi connectivity index (χ0) is 19.9. The Kier molecular flexibility index (Phi) is 6.90. The molecule has 0 saturated heterocycles. The van der Waals surface area contributed by atoms with Gasteiger partial charge in [0.25, 0.3) is 0 Å². The van der Waals surface area contributed by atoms with E-state index in [0.717, 1.165) is 22.5 Å². The van der Waals surface area contributed by atoms with Crippen molar-refractivity contribution in [2.75, 3.05) is 5.75 Å². The number of halogens is 1. The van der Waals surface area contributed by atoms with Crippen molar-refractivity contribution in [1.82, 2.24) is 20.1 Å². The average molecular weight is 413 g/mol. The molecule has 0 saturated carbocycles. The highest BCUT2D eigenvalue weighted by Gasteiger charge is 2.16. The number of amides is 1. The molecule has 1 N–H and O–H groups in total. The first-order valence-electron chi connectivity index (χ1n) is 8.82. The van der Waals surface area contributed by atoms with Crippen molar-refractivity contribution in [3.63, 3.8) is 0 Å². The van der Waals surface area contributed by atoms with E-state index in [1.54, 1.807) is 6.08 Å². The number of benzene rings is 2. The highest BCUT2D eigenvalue weighted by Crippen LogP contribution is 2.26. The van der Waals surface area contributed by atoms with Gasteiger partial charge in [0.1, 0.15) is 0 Å². The number of thioether (sulfide) groups is 1. The highest BCUT2D eigenvalue weighted by molar-refractivity contribution is 7.99. The van der Waals surface area contributed by atoms with E-state index in [9.17, 15) is 4.79 Å². The fourth-order valence-electron chi connectivity index (χ4n) is 2.70. The second kappa shape index (κ2) is 9.57. The summed E-state index contributed by atoms with van der Waals surface area (Å²) in [5.41, 5.74) is 3.15. The van der Waals surface area contributed by atoms with Gasteiger partial charge in [0.15, 0.2) is 11.0 Å². The van der Waals surface area contributed by atoms with Gasteiger partial charge in [0.05, 0.1) is 5.75 Å². The van der Waals surface area contributed by atoms with Gasteiger partial charge >= 0.3 is 0 Å². The number of nitrogens with zero attached hydrogens (tertiary/aromatic N) is 3. The van der Waals surface area contributed by atoms with E-state index in [-0.39, 0.29) is 11.7 Å². The smallest absolute Gasteiger partial charge is 0.230 e. The van der Waals surface area contributed by atoms with Crippen molar-refractivity contribution in [2.45, 2.75) is 25.2 Å². The minimum absolute atomic E-state index is 0.0643. The maximum Gasteiger partial charge on any atom is 0.230 e. The number of rotatable bonds is 8. The Labute approximate surface area is 173 Å². The van der Waals surface area contributed by atoms with Crippen LogP contribution in [0.3, 0.4) is 0 Å². The maximum absolute atomic E-state index is 12.2. The summed E-state index contributed by atoms with van der Waals surface area (Å²) in [6, 6.07) is 15.4. The van der Waals surface area contributed by atoms with Crippen molar-refractivity contribution in [2.24, 2.45) is 0 Å². The van der Waals surface area contributed by atoms with Crippen LogP contribution >= 0.6 is 23.4 Å². The van der Waals surface area contributed by atoms with E-state index in [1.165, 1.54) is 11.8 Å². The van der Waals surface area contributed by atoms with E-state index in [4.69, 9.17) is 11.6 Å². The van der Waals surface area contributed by atoms with Gasteiger partial charge in [0.2, 0.25) is 5.91 Å². The topological polar surface area (TPSA) is 59.8 Å². The van der Waals surface area contributed by atoms with E-state index in [1.807, 2.05) is 60.0 Å². The molecular weight excluding hydrogens is 392 g/mol. The van der Waals surface area contributed by atoms with Crippen LogP contribution in [0.1, 0.15) is 11.1 Å². The Morgan fingerprint density at radius 3 is 2.68 bits per heavy atom. The summed E-state index contributed by atoms with van der Waals surface area (Å²) < 4.78 is 1.98. The van der Waals surface area contributed by atoms with Crippen LogP contribution in [0.5, 0.6) is 0 Å². The molecule has 1 amide bonds. The maximum atomic E-state index is 12.2. The lowest BCUT2D eigenvalue weighted by Crippen LogP contribution is -2.24. The molecule has 0 aliphatic rings. The molecule has 0 aliphatic heterocycles. The Bertz CT molecular complexity index is 969. The van der Waals surface area contributed by atoms with Gasteiger partial charge in [-0.05, 0) is 30.2 Å². The lowest BCUT2D eigenvalue weighted by molar-refractivity contribution is -0.118. The number of hydrogen-bond donors (Lipinski definition) is 1. The molecule has 5 nitrogen and oxygen atoms in total. The summed E-state index contributed by atoms with van der Waals surface area (Å²) >= 11 is 7.24. The van der Waals surface area contributed by atoms with Crippen molar-refractivity contribution >= 4 is 29.3 Å². The molecule has 28 heavy (non-hydrogen) atoms. The largest absolute Gasteiger partial charge is 0.351 e. The van der Waals surface area contributed by atoms with Crippen molar-refractivity contribution < 1.29 is 4.79 Å². The molecule has 0 aliphatic carbocycles. The van der Waals surface area contributed by atoms with Gasteiger partial charge in [0, 0.05) is 23.7 Å². The summed E-state index contributed by atoms with van der Waals surface area (Å²) in [4.78, 5) is 12.2. The molecule has 0 fully saturated rings. The van der Waals surface area contributed by atoms with Crippen LogP contribution in [-0.4, -0.2) is 26.4 Å². The van der Waals surface area contributed by atoms with Crippen LogP contribution in [-0.2, 0) is 17.9 Å². The van der Waals surface area contributed by atoms with E-state index >= 15 is 0 Å². The van der Waals surface area contributed by atoms with Gasteiger partial charge in [-0.15, -0.1) is 16.8 Å². The standard InChI is InChI=1S/C21H21ClN4OS/c1-3-12-26-20(18-7-5-4-6-15(18)2)24-25-21(26)28-14-19(27)23-13-16-8-10-17(22)11-9-16/h3-11H,1,12-14H2,2H3,(H,23,27). The highest BCUT2D eigenvalue weighted by atomic mass is 35.5. The van der Waals surface area contributed by atoms with Gasteiger partial charge < -0.3 is 5.32 Å². The molecule has 1 heterocycles. The van der Waals surface area contributed by atoms with Gasteiger partial charge in [-0.2, -0.15) is 0 Å². The Balaban J connectivity index is 1.65. The predicted molar refractivity (Wildman–Crippen MR) is 114 cm³/mol. The van der Waals surface area contributed by atoms with Crippen LogP contribution < -0.4 is 5.32 Å². The molecule has 144 valence electrons. The first-order valence-corrected chi connectivity index (χ1v) is 10.2. The second-order valence-corrected chi connectivity index (χ2v) is 7.59. The zero-order valence-electron chi connectivity index (χ0n) is 15.6. The SMILES string of the molecule is C=CCn1c(SCC(=O)NCc2ccc(Cl)cc2)nnc1-c1ccccc1C. The third-order valence-electron chi connectivity index (χ3n) is 4.15. The number of aromatic nitrogens is 3. The summed E-state index contributed by atoms with van der Waals surface area (Å²) in [6.07, 6.45) is 1.80. The van der Waals surface area contributed by atoms with Crippen LogP contribution in [0.2, 0.25) is 5.02 Å². The molecule has 0 bridgehead atoms. The number of aryl methyl sites for hydroxylation is 1.